The van der Waals surface area contributed by atoms with Gasteiger partial charge in [0.25, 0.3) is 5.91 Å². The van der Waals surface area contributed by atoms with Crippen molar-refractivity contribution in [3.63, 3.8) is 0 Å². The number of aryl methyl sites for hydroxylation is 2. The smallest absolute Gasteiger partial charge is 0.272 e. The van der Waals surface area contributed by atoms with E-state index in [1.807, 2.05) is 32.6 Å². The van der Waals surface area contributed by atoms with Crippen LogP contribution in [0.5, 0.6) is 5.75 Å². The number of amides is 1. The van der Waals surface area contributed by atoms with Crippen LogP contribution in [0.25, 0.3) is 0 Å². The minimum absolute atomic E-state index is 0.00108. The van der Waals surface area contributed by atoms with Crippen LogP contribution < -0.4 is 4.74 Å². The number of carbonyl (C=O) groups is 1. The summed E-state index contributed by atoms with van der Waals surface area (Å²) in [5.74, 6) is 0.584. The minimum atomic E-state index is -0.301. The maximum atomic E-state index is 13.1. The number of ether oxygens (including phenoxy) is 2. The molecular weight excluding hydrogens is 352 g/mol. The number of carbonyl (C=O) groups excluding carboxylic acids is 1. The number of benzene rings is 1. The molecule has 1 aromatic carbocycles. The van der Waals surface area contributed by atoms with Gasteiger partial charge in [0.1, 0.15) is 23.1 Å². The van der Waals surface area contributed by atoms with E-state index < -0.39 is 0 Å². The van der Waals surface area contributed by atoms with Gasteiger partial charge in [-0.25, -0.2) is 4.98 Å². The summed E-state index contributed by atoms with van der Waals surface area (Å²) < 4.78 is 11.9. The van der Waals surface area contributed by atoms with Crippen molar-refractivity contribution in [2.75, 3.05) is 13.2 Å². The lowest BCUT2D eigenvalue weighted by Crippen LogP contribution is -2.48. The van der Waals surface area contributed by atoms with Crippen LogP contribution in [0.2, 0.25) is 0 Å². The normalized spacial score (nSPS) is 20.1. The SMILES string of the molecule is Cc1ccc(C)c([C@H]2CN(C(=O)c3ccc(OC(C)(C)C)cn3)[C@H](C)CO2)c1. The molecule has 1 fully saturated rings. The van der Waals surface area contributed by atoms with Crippen LogP contribution >= 0.6 is 0 Å². The first-order valence-corrected chi connectivity index (χ1v) is 9.79. The fourth-order valence-corrected chi connectivity index (χ4v) is 3.40. The lowest BCUT2D eigenvalue weighted by Gasteiger charge is -2.38. The maximum Gasteiger partial charge on any atom is 0.272 e. The quantitative estimate of drug-likeness (QED) is 0.785. The van der Waals surface area contributed by atoms with Gasteiger partial charge in [-0.3, -0.25) is 4.79 Å². The fourth-order valence-electron chi connectivity index (χ4n) is 3.40. The van der Waals surface area contributed by atoms with Gasteiger partial charge in [0, 0.05) is 0 Å². The fraction of sp³-hybridized carbons (Fsp3) is 0.478. The molecule has 2 aromatic rings. The Balaban J connectivity index is 1.77. The van der Waals surface area contributed by atoms with Crippen molar-refractivity contribution in [3.8, 4) is 5.75 Å². The van der Waals surface area contributed by atoms with E-state index in [1.165, 1.54) is 11.1 Å². The molecule has 0 unspecified atom stereocenters. The van der Waals surface area contributed by atoms with Gasteiger partial charge in [-0.05, 0) is 64.8 Å². The molecule has 1 aliphatic rings. The average Bonchev–Trinajstić information content (AvgIpc) is 2.63. The third-order valence-corrected chi connectivity index (χ3v) is 4.86. The van der Waals surface area contributed by atoms with Crippen molar-refractivity contribution < 1.29 is 14.3 Å². The van der Waals surface area contributed by atoms with E-state index in [-0.39, 0.29) is 23.7 Å². The number of hydrogen-bond donors (Lipinski definition) is 0. The number of pyridine rings is 1. The molecule has 1 aromatic heterocycles. The van der Waals surface area contributed by atoms with E-state index in [0.29, 0.717) is 24.6 Å². The summed E-state index contributed by atoms with van der Waals surface area (Å²) in [6, 6.07) is 9.89. The minimum Gasteiger partial charge on any atom is -0.487 e. The molecule has 0 saturated carbocycles. The van der Waals surface area contributed by atoms with E-state index >= 15 is 0 Å². The third kappa shape index (κ3) is 4.71. The largest absolute Gasteiger partial charge is 0.487 e. The van der Waals surface area contributed by atoms with E-state index in [9.17, 15) is 4.79 Å². The van der Waals surface area contributed by atoms with Crippen molar-refractivity contribution in [3.05, 3.63) is 58.9 Å². The van der Waals surface area contributed by atoms with Crippen LogP contribution in [0, 0.1) is 13.8 Å². The first kappa shape index (κ1) is 20.3. The lowest BCUT2D eigenvalue weighted by atomic mass is 9.98. The Morgan fingerprint density at radius 1 is 1.21 bits per heavy atom. The molecule has 5 nitrogen and oxygen atoms in total. The molecule has 0 aliphatic carbocycles. The zero-order valence-electron chi connectivity index (χ0n) is 17.7. The van der Waals surface area contributed by atoms with E-state index in [1.54, 1.807) is 18.3 Å². The van der Waals surface area contributed by atoms with Crippen molar-refractivity contribution in [2.24, 2.45) is 0 Å². The van der Waals surface area contributed by atoms with E-state index in [2.05, 4.69) is 37.0 Å². The van der Waals surface area contributed by atoms with Crippen LogP contribution in [-0.2, 0) is 4.74 Å². The highest BCUT2D eigenvalue weighted by atomic mass is 16.5. The second-order valence-corrected chi connectivity index (χ2v) is 8.58. The molecule has 1 amide bonds. The summed E-state index contributed by atoms with van der Waals surface area (Å²) in [6.07, 6.45) is 1.50. The average molecular weight is 383 g/mol. The first-order chi connectivity index (χ1) is 13.1. The standard InChI is InChI=1S/C23H30N2O3/c1-15-7-8-16(2)19(11-15)21-13-25(17(3)14-27-21)22(26)20-10-9-18(12-24-20)28-23(4,5)6/h7-12,17,21H,13-14H2,1-6H3/t17-,21-/m1/s1. The van der Waals surface area contributed by atoms with Gasteiger partial charge in [0.15, 0.2) is 0 Å². The third-order valence-electron chi connectivity index (χ3n) is 4.86. The van der Waals surface area contributed by atoms with Gasteiger partial charge in [-0.15, -0.1) is 0 Å². The molecule has 150 valence electrons. The number of nitrogens with zero attached hydrogens (tertiary/aromatic N) is 2. The summed E-state index contributed by atoms with van der Waals surface area (Å²) >= 11 is 0. The first-order valence-electron chi connectivity index (χ1n) is 9.79. The summed E-state index contributed by atoms with van der Waals surface area (Å²) in [5, 5.41) is 0. The summed E-state index contributed by atoms with van der Waals surface area (Å²) in [5.41, 5.74) is 3.64. The number of hydrogen-bond acceptors (Lipinski definition) is 4. The maximum absolute atomic E-state index is 13.1. The highest BCUT2D eigenvalue weighted by Gasteiger charge is 2.32. The highest BCUT2D eigenvalue weighted by molar-refractivity contribution is 5.92. The molecule has 3 rings (SSSR count). The molecule has 1 aliphatic heterocycles. The Labute approximate surface area is 167 Å². The van der Waals surface area contributed by atoms with Crippen molar-refractivity contribution in [1.29, 1.82) is 0 Å². The Morgan fingerprint density at radius 3 is 2.61 bits per heavy atom. The highest BCUT2D eigenvalue weighted by Crippen LogP contribution is 2.29. The second kappa shape index (κ2) is 7.92. The Bertz CT molecular complexity index is 840. The predicted molar refractivity (Wildman–Crippen MR) is 110 cm³/mol. The van der Waals surface area contributed by atoms with Crippen LogP contribution in [0.3, 0.4) is 0 Å². The number of morpholine rings is 1. The number of rotatable bonds is 3. The molecule has 0 N–H and O–H groups in total. The molecule has 2 heterocycles. The van der Waals surface area contributed by atoms with Crippen molar-refractivity contribution in [1.82, 2.24) is 9.88 Å². The predicted octanol–water partition coefficient (Wildman–Crippen LogP) is 4.48. The molecule has 5 heteroatoms. The Morgan fingerprint density at radius 2 is 1.96 bits per heavy atom. The van der Waals surface area contributed by atoms with Crippen LogP contribution in [-0.4, -0.2) is 40.6 Å². The van der Waals surface area contributed by atoms with Crippen LogP contribution in [0.4, 0.5) is 0 Å². The molecule has 0 spiro atoms. The monoisotopic (exact) mass is 382 g/mol. The van der Waals surface area contributed by atoms with Crippen molar-refractivity contribution >= 4 is 5.91 Å². The molecule has 0 radical (unpaired) electrons. The van der Waals surface area contributed by atoms with Gasteiger partial charge in [-0.2, -0.15) is 0 Å². The zero-order valence-corrected chi connectivity index (χ0v) is 17.7. The molecule has 28 heavy (non-hydrogen) atoms. The van der Waals surface area contributed by atoms with Gasteiger partial charge in [0.2, 0.25) is 0 Å². The van der Waals surface area contributed by atoms with E-state index in [4.69, 9.17) is 9.47 Å². The van der Waals surface area contributed by atoms with Gasteiger partial charge < -0.3 is 14.4 Å². The Hall–Kier alpha value is -2.40. The molecule has 2 atom stereocenters. The van der Waals surface area contributed by atoms with Gasteiger partial charge in [-0.1, -0.05) is 23.8 Å². The van der Waals surface area contributed by atoms with E-state index in [0.717, 1.165) is 5.56 Å². The van der Waals surface area contributed by atoms with Gasteiger partial charge >= 0.3 is 0 Å². The lowest BCUT2D eigenvalue weighted by molar-refractivity contribution is -0.0491. The van der Waals surface area contributed by atoms with Crippen molar-refractivity contribution in [2.45, 2.75) is 59.3 Å². The summed E-state index contributed by atoms with van der Waals surface area (Å²) in [6.45, 7) is 13.1. The summed E-state index contributed by atoms with van der Waals surface area (Å²) in [4.78, 5) is 19.3. The topological polar surface area (TPSA) is 51.7 Å². The molecule has 0 bridgehead atoms. The van der Waals surface area contributed by atoms with Crippen LogP contribution in [0.15, 0.2) is 36.5 Å². The van der Waals surface area contributed by atoms with Gasteiger partial charge in [0.05, 0.1) is 25.4 Å². The van der Waals surface area contributed by atoms with Crippen LogP contribution in [0.1, 0.15) is 61.0 Å². The summed E-state index contributed by atoms with van der Waals surface area (Å²) in [7, 11) is 0. The zero-order chi connectivity index (χ0) is 20.5. The second-order valence-electron chi connectivity index (χ2n) is 8.58. The number of aromatic nitrogens is 1. The Kier molecular flexibility index (Phi) is 5.75. The molecule has 1 saturated heterocycles. The molecular formula is C23H30N2O3.